The predicted octanol–water partition coefficient (Wildman–Crippen LogP) is 5.50. The number of likely N-dealkylation sites (tertiary alicyclic amines) is 1. The Bertz CT molecular complexity index is 1100. The van der Waals surface area contributed by atoms with Crippen molar-refractivity contribution < 1.29 is 19.1 Å². The van der Waals surface area contributed by atoms with Gasteiger partial charge in [0.2, 0.25) is 5.91 Å². The fourth-order valence-electron chi connectivity index (χ4n) is 5.04. The first-order chi connectivity index (χ1) is 17.6. The molecule has 4 rings (SSSR count). The molecule has 0 radical (unpaired) electrons. The molecule has 200 valence electrons. The molecule has 2 aromatic rings. The largest absolute Gasteiger partial charge is 0.493 e. The van der Waals surface area contributed by atoms with Gasteiger partial charge in [0.15, 0.2) is 0 Å². The number of carbonyl (C=O) groups is 2. The summed E-state index contributed by atoms with van der Waals surface area (Å²) in [6.45, 7) is 12.5. The minimum atomic E-state index is -0.337. The van der Waals surface area contributed by atoms with Crippen LogP contribution in [0.2, 0.25) is 5.02 Å². The van der Waals surface area contributed by atoms with Crippen LogP contribution in [0, 0.1) is 12.3 Å². The molecule has 2 fully saturated rings. The number of hydrogen-bond donors (Lipinski definition) is 0. The number of piperidine rings is 1. The smallest absolute Gasteiger partial charge is 0.253 e. The zero-order valence-corrected chi connectivity index (χ0v) is 23.3. The second kappa shape index (κ2) is 11.4. The molecule has 0 N–H and O–H groups in total. The molecule has 2 heterocycles. The standard InChI is InChI=1S/C30H39ClN2O4/c1-22-19-25(9-10-26(22)31)37-21-30(20-27(34)32-15-17-36-18-16-32)11-13-33(14-12-30)28(35)23-5-7-24(8-6-23)29(2,3)4/h5-10,19H,11-18,20-21H2,1-4H3. The van der Waals surface area contributed by atoms with Gasteiger partial charge in [0.05, 0.1) is 19.8 Å². The van der Waals surface area contributed by atoms with Crippen molar-refractivity contribution in [2.75, 3.05) is 46.0 Å². The number of nitrogens with zero attached hydrogens (tertiary/aromatic N) is 2. The molecule has 0 spiro atoms. The van der Waals surface area contributed by atoms with E-state index in [-0.39, 0.29) is 22.6 Å². The van der Waals surface area contributed by atoms with Gasteiger partial charge in [-0.15, -0.1) is 0 Å². The van der Waals surface area contributed by atoms with Gasteiger partial charge in [0, 0.05) is 48.6 Å². The highest BCUT2D eigenvalue weighted by Gasteiger charge is 2.40. The first-order valence-corrected chi connectivity index (χ1v) is 13.6. The number of amides is 2. The van der Waals surface area contributed by atoms with Crippen molar-refractivity contribution >= 4 is 23.4 Å². The average Bonchev–Trinajstić information content (AvgIpc) is 2.89. The van der Waals surface area contributed by atoms with Crippen molar-refractivity contribution in [3.05, 3.63) is 64.2 Å². The van der Waals surface area contributed by atoms with Crippen molar-refractivity contribution in [2.24, 2.45) is 5.41 Å². The van der Waals surface area contributed by atoms with E-state index in [2.05, 4.69) is 20.8 Å². The van der Waals surface area contributed by atoms with Crippen molar-refractivity contribution in [3.63, 3.8) is 0 Å². The van der Waals surface area contributed by atoms with Gasteiger partial charge in [-0.25, -0.2) is 0 Å². The van der Waals surface area contributed by atoms with E-state index in [1.165, 1.54) is 5.56 Å². The van der Waals surface area contributed by atoms with E-state index in [0.717, 1.165) is 11.3 Å². The molecule has 0 bridgehead atoms. The molecule has 2 aromatic carbocycles. The van der Waals surface area contributed by atoms with Crippen LogP contribution >= 0.6 is 11.6 Å². The summed E-state index contributed by atoms with van der Waals surface area (Å²) >= 11 is 6.19. The Labute approximate surface area is 225 Å². The quantitative estimate of drug-likeness (QED) is 0.499. The van der Waals surface area contributed by atoms with Crippen LogP contribution in [-0.4, -0.2) is 67.6 Å². The molecule has 0 aliphatic carbocycles. The molecule has 2 amide bonds. The third-order valence-corrected chi connectivity index (χ3v) is 8.10. The van der Waals surface area contributed by atoms with Crippen molar-refractivity contribution in [1.82, 2.24) is 9.80 Å². The minimum Gasteiger partial charge on any atom is -0.493 e. The maximum Gasteiger partial charge on any atom is 0.253 e. The lowest BCUT2D eigenvalue weighted by Gasteiger charge is -2.42. The van der Waals surface area contributed by atoms with Gasteiger partial charge in [-0.05, 0) is 66.6 Å². The van der Waals surface area contributed by atoms with Gasteiger partial charge >= 0.3 is 0 Å². The van der Waals surface area contributed by atoms with Crippen molar-refractivity contribution in [3.8, 4) is 5.75 Å². The van der Waals surface area contributed by atoms with E-state index >= 15 is 0 Å². The van der Waals surface area contributed by atoms with Gasteiger partial charge in [0.25, 0.3) is 5.91 Å². The minimum absolute atomic E-state index is 0.0436. The Kier molecular flexibility index (Phi) is 8.49. The number of halogens is 1. The summed E-state index contributed by atoms with van der Waals surface area (Å²) in [4.78, 5) is 30.3. The van der Waals surface area contributed by atoms with Crippen LogP contribution in [0.4, 0.5) is 0 Å². The molecule has 2 aliphatic heterocycles. The van der Waals surface area contributed by atoms with Gasteiger partial charge < -0.3 is 19.3 Å². The van der Waals surface area contributed by atoms with Crippen LogP contribution < -0.4 is 4.74 Å². The number of rotatable bonds is 6. The highest BCUT2D eigenvalue weighted by atomic mass is 35.5. The number of carbonyl (C=O) groups excluding carboxylic acids is 2. The van der Waals surface area contributed by atoms with E-state index in [1.54, 1.807) is 0 Å². The molecule has 7 heteroatoms. The summed E-state index contributed by atoms with van der Waals surface area (Å²) in [7, 11) is 0. The van der Waals surface area contributed by atoms with E-state index in [4.69, 9.17) is 21.1 Å². The summed E-state index contributed by atoms with van der Waals surface area (Å²) in [5.41, 5.74) is 2.57. The molecule has 0 saturated carbocycles. The third kappa shape index (κ3) is 6.85. The fraction of sp³-hybridized carbons (Fsp3) is 0.533. The Morgan fingerprint density at radius 1 is 0.973 bits per heavy atom. The van der Waals surface area contributed by atoms with Crippen LogP contribution in [0.5, 0.6) is 5.75 Å². The van der Waals surface area contributed by atoms with Gasteiger partial charge in [-0.3, -0.25) is 9.59 Å². The molecule has 37 heavy (non-hydrogen) atoms. The summed E-state index contributed by atoms with van der Waals surface area (Å²) in [5.74, 6) is 0.928. The monoisotopic (exact) mass is 526 g/mol. The highest BCUT2D eigenvalue weighted by Crippen LogP contribution is 2.37. The molecular weight excluding hydrogens is 488 g/mol. The summed E-state index contributed by atoms with van der Waals surface area (Å²) in [6, 6.07) is 13.6. The fourth-order valence-corrected chi connectivity index (χ4v) is 5.16. The van der Waals surface area contributed by atoms with Crippen LogP contribution in [0.25, 0.3) is 0 Å². The molecule has 6 nitrogen and oxygen atoms in total. The normalized spacial score (nSPS) is 18.0. The van der Waals surface area contributed by atoms with Crippen LogP contribution in [0.1, 0.15) is 61.5 Å². The van der Waals surface area contributed by atoms with Crippen LogP contribution in [0.3, 0.4) is 0 Å². The lowest BCUT2D eigenvalue weighted by atomic mass is 9.75. The maximum absolute atomic E-state index is 13.3. The number of ether oxygens (including phenoxy) is 2. The molecule has 2 aliphatic rings. The Balaban J connectivity index is 1.45. The lowest BCUT2D eigenvalue weighted by molar-refractivity contribution is -0.139. The second-order valence-corrected chi connectivity index (χ2v) is 11.9. The summed E-state index contributed by atoms with van der Waals surface area (Å²) < 4.78 is 11.7. The highest BCUT2D eigenvalue weighted by molar-refractivity contribution is 6.31. The summed E-state index contributed by atoms with van der Waals surface area (Å²) in [5, 5.41) is 0.701. The summed E-state index contributed by atoms with van der Waals surface area (Å²) in [6.07, 6.45) is 1.82. The lowest BCUT2D eigenvalue weighted by Crippen LogP contribution is -2.49. The van der Waals surface area contributed by atoms with Gasteiger partial charge in [-0.2, -0.15) is 0 Å². The first kappa shape index (κ1) is 27.5. The van der Waals surface area contributed by atoms with E-state index in [9.17, 15) is 9.59 Å². The average molecular weight is 527 g/mol. The van der Waals surface area contributed by atoms with Gasteiger partial charge in [0.1, 0.15) is 5.75 Å². The van der Waals surface area contributed by atoms with Crippen molar-refractivity contribution in [1.29, 1.82) is 0 Å². The van der Waals surface area contributed by atoms with E-state index in [1.807, 2.05) is 59.2 Å². The molecule has 0 aromatic heterocycles. The zero-order valence-electron chi connectivity index (χ0n) is 22.5. The van der Waals surface area contributed by atoms with Crippen LogP contribution in [-0.2, 0) is 14.9 Å². The third-order valence-electron chi connectivity index (χ3n) is 7.67. The topological polar surface area (TPSA) is 59.1 Å². The number of hydrogen-bond acceptors (Lipinski definition) is 4. The molecule has 0 atom stereocenters. The number of benzene rings is 2. The molecule has 2 saturated heterocycles. The Hall–Kier alpha value is -2.57. The SMILES string of the molecule is Cc1cc(OCC2(CC(=O)N3CCOCC3)CCN(C(=O)c3ccc(C(C)(C)C)cc3)CC2)ccc1Cl. The van der Waals surface area contributed by atoms with E-state index in [0.29, 0.717) is 75.8 Å². The number of morpholine rings is 1. The van der Waals surface area contributed by atoms with Crippen molar-refractivity contribution in [2.45, 2.75) is 52.4 Å². The Morgan fingerprint density at radius 2 is 1.62 bits per heavy atom. The van der Waals surface area contributed by atoms with Gasteiger partial charge in [-0.1, -0.05) is 44.5 Å². The second-order valence-electron chi connectivity index (χ2n) is 11.5. The van der Waals surface area contributed by atoms with Crippen LogP contribution in [0.15, 0.2) is 42.5 Å². The maximum atomic E-state index is 13.3. The molecule has 0 unspecified atom stereocenters. The van der Waals surface area contributed by atoms with E-state index < -0.39 is 0 Å². The Morgan fingerprint density at radius 3 is 2.22 bits per heavy atom. The number of aryl methyl sites for hydroxylation is 1. The molecular formula is C30H39ClN2O4. The zero-order chi connectivity index (χ0) is 26.6. The predicted molar refractivity (Wildman–Crippen MR) is 146 cm³/mol. The first-order valence-electron chi connectivity index (χ1n) is 13.2.